The van der Waals surface area contributed by atoms with Crippen LogP contribution in [0.4, 0.5) is 5.69 Å². The second-order valence-electron chi connectivity index (χ2n) is 8.21. The van der Waals surface area contributed by atoms with E-state index in [1.165, 1.54) is 6.07 Å². The van der Waals surface area contributed by atoms with E-state index in [2.05, 4.69) is 20.5 Å². The van der Waals surface area contributed by atoms with Crippen LogP contribution in [0, 0.1) is 13.8 Å². The quantitative estimate of drug-likeness (QED) is 0.609. The van der Waals surface area contributed by atoms with Gasteiger partial charge in [-0.1, -0.05) is 12.5 Å². The lowest BCUT2D eigenvalue weighted by atomic mass is 10.1. The summed E-state index contributed by atoms with van der Waals surface area (Å²) in [4.78, 5) is 17.4. The highest BCUT2D eigenvalue weighted by atomic mass is 32.2. The van der Waals surface area contributed by atoms with Gasteiger partial charge in [0.25, 0.3) is 5.91 Å². The summed E-state index contributed by atoms with van der Waals surface area (Å²) in [6.07, 6.45) is 2.73. The van der Waals surface area contributed by atoms with Crippen LogP contribution in [-0.4, -0.2) is 46.4 Å². The Kier molecular flexibility index (Phi) is 6.12. The van der Waals surface area contributed by atoms with Crippen LogP contribution >= 0.6 is 0 Å². The van der Waals surface area contributed by atoms with Crippen molar-refractivity contribution in [3.63, 3.8) is 0 Å². The second kappa shape index (κ2) is 8.84. The second-order valence-corrected chi connectivity index (χ2v) is 10.1. The minimum absolute atomic E-state index is 0.0429. The van der Waals surface area contributed by atoms with Crippen LogP contribution < -0.4 is 5.32 Å². The molecule has 1 aliphatic rings. The van der Waals surface area contributed by atoms with Gasteiger partial charge in [0.1, 0.15) is 5.82 Å². The highest BCUT2D eigenvalue weighted by Gasteiger charge is 2.31. The zero-order valence-electron chi connectivity index (χ0n) is 18.4. The summed E-state index contributed by atoms with van der Waals surface area (Å²) in [5.41, 5.74) is 2.47. The number of piperidine rings is 1. The molecule has 4 rings (SSSR count). The molecule has 9 heteroatoms. The van der Waals surface area contributed by atoms with E-state index in [1.807, 2.05) is 26.0 Å². The molecule has 2 heterocycles. The number of carbonyl (C=O) groups is 1. The van der Waals surface area contributed by atoms with Crippen molar-refractivity contribution in [3.8, 4) is 11.4 Å². The van der Waals surface area contributed by atoms with Gasteiger partial charge in [0, 0.05) is 29.4 Å². The van der Waals surface area contributed by atoms with E-state index in [0.717, 1.165) is 30.7 Å². The van der Waals surface area contributed by atoms with E-state index >= 15 is 0 Å². The van der Waals surface area contributed by atoms with Crippen molar-refractivity contribution in [2.45, 2.75) is 51.0 Å². The van der Waals surface area contributed by atoms with E-state index in [1.54, 1.807) is 35.5 Å². The number of sulfonamides is 1. The van der Waals surface area contributed by atoms with Gasteiger partial charge in [-0.2, -0.15) is 9.40 Å². The fraction of sp³-hybridized carbons (Fsp3) is 0.348. The van der Waals surface area contributed by atoms with E-state index in [-0.39, 0.29) is 16.8 Å². The number of aromatic nitrogens is 3. The third-order valence-electron chi connectivity index (χ3n) is 5.80. The lowest BCUT2D eigenvalue weighted by Gasteiger charge is -2.32. The zero-order chi connectivity index (χ0) is 22.9. The van der Waals surface area contributed by atoms with Crippen molar-refractivity contribution >= 4 is 21.6 Å². The van der Waals surface area contributed by atoms with Crippen LogP contribution in [0.15, 0.2) is 47.4 Å². The van der Waals surface area contributed by atoms with Gasteiger partial charge in [0.2, 0.25) is 10.0 Å². The van der Waals surface area contributed by atoms with Crippen molar-refractivity contribution < 1.29 is 13.2 Å². The number of carbonyl (C=O) groups excluding carboxylic acids is 1. The van der Waals surface area contributed by atoms with Crippen LogP contribution in [0.5, 0.6) is 0 Å². The smallest absolute Gasteiger partial charge is 0.255 e. The van der Waals surface area contributed by atoms with Crippen molar-refractivity contribution in [3.05, 3.63) is 59.4 Å². The van der Waals surface area contributed by atoms with Gasteiger partial charge in [-0.25, -0.2) is 13.4 Å². The first-order valence-electron chi connectivity index (χ1n) is 10.7. The third kappa shape index (κ3) is 4.44. The number of hydrogen-bond acceptors (Lipinski definition) is 5. The molecular formula is C23H27N5O3S. The number of nitrogens with zero attached hydrogens (tertiary/aromatic N) is 3. The summed E-state index contributed by atoms with van der Waals surface area (Å²) in [7, 11) is -3.65. The van der Waals surface area contributed by atoms with Gasteiger partial charge in [0.05, 0.1) is 4.90 Å². The first-order chi connectivity index (χ1) is 15.3. The molecular weight excluding hydrogens is 426 g/mol. The maximum absolute atomic E-state index is 13.2. The molecule has 2 N–H and O–H groups in total. The fourth-order valence-electron chi connectivity index (χ4n) is 3.94. The number of hydrogen-bond donors (Lipinski definition) is 2. The largest absolute Gasteiger partial charge is 0.322 e. The molecule has 32 heavy (non-hydrogen) atoms. The summed E-state index contributed by atoms with van der Waals surface area (Å²) in [6, 6.07) is 11.9. The maximum Gasteiger partial charge on any atom is 0.255 e. The van der Waals surface area contributed by atoms with Gasteiger partial charge in [-0.3, -0.25) is 9.89 Å². The van der Waals surface area contributed by atoms with E-state index in [0.29, 0.717) is 29.2 Å². The maximum atomic E-state index is 13.2. The first-order valence-corrected chi connectivity index (χ1v) is 12.1. The summed E-state index contributed by atoms with van der Waals surface area (Å²) < 4.78 is 27.9. The van der Waals surface area contributed by atoms with Crippen LogP contribution in [0.25, 0.3) is 11.4 Å². The first kappa shape index (κ1) is 22.2. The Morgan fingerprint density at radius 3 is 2.53 bits per heavy atom. The molecule has 1 fully saturated rings. The number of amides is 1. The average molecular weight is 454 g/mol. The summed E-state index contributed by atoms with van der Waals surface area (Å²) in [5, 5.41) is 9.78. The summed E-state index contributed by atoms with van der Waals surface area (Å²) >= 11 is 0. The molecule has 1 atom stereocenters. The summed E-state index contributed by atoms with van der Waals surface area (Å²) in [6.45, 7) is 6.06. The molecule has 0 radical (unpaired) electrons. The van der Waals surface area contributed by atoms with Crippen molar-refractivity contribution in [2.24, 2.45) is 0 Å². The number of nitrogens with one attached hydrogen (secondary N) is 2. The molecule has 0 bridgehead atoms. The van der Waals surface area contributed by atoms with Gasteiger partial charge < -0.3 is 5.32 Å². The Morgan fingerprint density at radius 1 is 1.12 bits per heavy atom. The molecule has 1 saturated heterocycles. The fourth-order valence-corrected chi connectivity index (χ4v) is 5.67. The molecule has 1 aromatic heterocycles. The molecule has 168 valence electrons. The Labute approximate surface area is 188 Å². The Balaban J connectivity index is 1.55. The molecule has 2 aromatic carbocycles. The van der Waals surface area contributed by atoms with Gasteiger partial charge in [-0.05, 0) is 75.6 Å². The van der Waals surface area contributed by atoms with E-state index < -0.39 is 10.0 Å². The lowest BCUT2D eigenvalue weighted by molar-refractivity contribution is 0.102. The van der Waals surface area contributed by atoms with Gasteiger partial charge in [0.15, 0.2) is 5.82 Å². The lowest BCUT2D eigenvalue weighted by Crippen LogP contribution is -2.42. The molecule has 1 unspecified atom stereocenters. The number of benzene rings is 2. The number of aryl methyl sites for hydroxylation is 2. The predicted molar refractivity (Wildman–Crippen MR) is 123 cm³/mol. The van der Waals surface area contributed by atoms with Crippen molar-refractivity contribution in [1.82, 2.24) is 19.5 Å². The highest BCUT2D eigenvalue weighted by molar-refractivity contribution is 7.89. The van der Waals surface area contributed by atoms with Gasteiger partial charge in [-0.15, -0.1) is 0 Å². The standard InChI is InChI=1S/C23H27N5O3S/c1-15-7-12-20(32(30,31)28-13-5-4-6-16(28)2)14-21(15)23(29)25-19-10-8-18(9-11-19)22-24-17(3)26-27-22/h7-12,14,16H,4-6,13H2,1-3H3,(H,25,29)(H,24,26,27). The number of aromatic amines is 1. The predicted octanol–water partition coefficient (Wildman–Crippen LogP) is 3.90. The molecule has 0 spiro atoms. The van der Waals surface area contributed by atoms with Crippen LogP contribution in [0.3, 0.4) is 0 Å². The molecule has 3 aromatic rings. The monoisotopic (exact) mass is 453 g/mol. The Hall–Kier alpha value is -3.04. The molecule has 1 aliphatic heterocycles. The zero-order valence-corrected chi connectivity index (χ0v) is 19.2. The van der Waals surface area contributed by atoms with E-state index in [9.17, 15) is 13.2 Å². The molecule has 0 aliphatic carbocycles. The van der Waals surface area contributed by atoms with Crippen molar-refractivity contribution in [2.75, 3.05) is 11.9 Å². The Bertz CT molecular complexity index is 1230. The van der Waals surface area contributed by atoms with Crippen LogP contribution in [-0.2, 0) is 10.0 Å². The Morgan fingerprint density at radius 2 is 1.88 bits per heavy atom. The minimum Gasteiger partial charge on any atom is -0.322 e. The minimum atomic E-state index is -3.65. The van der Waals surface area contributed by atoms with Crippen LogP contribution in [0.2, 0.25) is 0 Å². The number of anilines is 1. The molecule has 8 nitrogen and oxygen atoms in total. The molecule has 1 amide bonds. The highest BCUT2D eigenvalue weighted by Crippen LogP contribution is 2.27. The van der Waals surface area contributed by atoms with Crippen LogP contribution in [0.1, 0.15) is 47.9 Å². The number of rotatable bonds is 5. The summed E-state index contributed by atoms with van der Waals surface area (Å²) in [5.74, 6) is 0.954. The number of H-pyrrole nitrogens is 1. The topological polar surface area (TPSA) is 108 Å². The van der Waals surface area contributed by atoms with Gasteiger partial charge >= 0.3 is 0 Å². The SMILES string of the molecule is Cc1nc(-c2ccc(NC(=O)c3cc(S(=O)(=O)N4CCCCC4C)ccc3C)cc2)n[nH]1. The van der Waals surface area contributed by atoms with E-state index in [4.69, 9.17) is 0 Å². The average Bonchev–Trinajstić information content (AvgIpc) is 3.21. The normalized spacial score (nSPS) is 17.3. The molecule has 0 saturated carbocycles. The third-order valence-corrected chi connectivity index (χ3v) is 7.81. The van der Waals surface area contributed by atoms with Crippen molar-refractivity contribution in [1.29, 1.82) is 0 Å².